The Morgan fingerprint density at radius 1 is 0.881 bits per heavy atom. The number of carbonyl (C=O) groups is 1. The highest BCUT2D eigenvalue weighted by atomic mass is 32.1. The second-order valence-electron chi connectivity index (χ2n) is 7.78. The Morgan fingerprint density at radius 2 is 1.50 bits per heavy atom. The first-order valence-electron chi connectivity index (χ1n) is 12.7. The Labute approximate surface area is 256 Å². The van der Waals surface area contributed by atoms with Crippen molar-refractivity contribution in [1.29, 1.82) is 0 Å². The number of thiophene rings is 2. The van der Waals surface area contributed by atoms with Crippen molar-refractivity contribution in [3.8, 4) is 21.7 Å². The summed E-state index contributed by atoms with van der Waals surface area (Å²) in [5.74, 6) is 0.119. The van der Waals surface area contributed by atoms with Gasteiger partial charge in [-0.25, -0.2) is 4.98 Å². The molecule has 0 saturated carbocycles. The smallest absolute Gasteiger partial charge is 0.174 e. The molecule has 0 radical (unpaired) electrons. The lowest BCUT2D eigenvalue weighted by atomic mass is 10.0. The summed E-state index contributed by atoms with van der Waals surface area (Å²) >= 11 is 3.08. The van der Waals surface area contributed by atoms with Crippen LogP contribution < -0.4 is 5.73 Å². The van der Waals surface area contributed by atoms with Gasteiger partial charge in [-0.3, -0.25) is 4.79 Å². The fourth-order valence-corrected chi connectivity index (χ4v) is 5.16. The van der Waals surface area contributed by atoms with Crippen molar-refractivity contribution >= 4 is 44.4 Å². The maximum Gasteiger partial charge on any atom is 0.174 e. The number of benzene rings is 1. The molecular formula is C37H32N2OS2. The van der Waals surface area contributed by atoms with Crippen LogP contribution in [0.25, 0.3) is 31.9 Å². The third kappa shape index (κ3) is 10.7. The first-order valence-corrected chi connectivity index (χ1v) is 14.4. The van der Waals surface area contributed by atoms with Gasteiger partial charge in [0.2, 0.25) is 0 Å². The molecule has 3 nitrogen and oxygen atoms in total. The summed E-state index contributed by atoms with van der Waals surface area (Å²) in [5, 5.41) is 2.94. The van der Waals surface area contributed by atoms with Crippen LogP contribution in [-0.2, 0) is 0 Å². The molecule has 0 aliphatic rings. The van der Waals surface area contributed by atoms with E-state index in [2.05, 4.69) is 122 Å². The molecule has 0 saturated heterocycles. The number of hydrogen-bond donors (Lipinski definition) is 1. The van der Waals surface area contributed by atoms with E-state index in [1.165, 1.54) is 11.3 Å². The zero-order chi connectivity index (χ0) is 31.2. The molecule has 0 bridgehead atoms. The second kappa shape index (κ2) is 20.6. The number of ketones is 1. The van der Waals surface area contributed by atoms with E-state index in [0.717, 1.165) is 44.8 Å². The van der Waals surface area contributed by atoms with Gasteiger partial charge in [0.15, 0.2) is 5.78 Å². The molecule has 3 heterocycles. The minimum atomic E-state index is 0.119. The quantitative estimate of drug-likeness (QED) is 0.139. The topological polar surface area (TPSA) is 56.0 Å². The van der Waals surface area contributed by atoms with Gasteiger partial charge in [-0.1, -0.05) is 72.7 Å². The summed E-state index contributed by atoms with van der Waals surface area (Å²) in [6.45, 7) is 21.0. The van der Waals surface area contributed by atoms with E-state index < -0.39 is 0 Å². The summed E-state index contributed by atoms with van der Waals surface area (Å²) < 4.78 is 0. The normalized spacial score (nSPS) is 8.31. The Kier molecular flexibility index (Phi) is 17.1. The van der Waals surface area contributed by atoms with Crippen molar-refractivity contribution in [3.63, 3.8) is 0 Å². The van der Waals surface area contributed by atoms with Crippen LogP contribution in [0.15, 0.2) is 145 Å². The first kappa shape index (κ1) is 34.8. The van der Waals surface area contributed by atoms with Gasteiger partial charge in [-0.15, -0.1) is 35.8 Å². The Bertz CT molecular complexity index is 1760. The van der Waals surface area contributed by atoms with E-state index in [-0.39, 0.29) is 5.78 Å². The van der Waals surface area contributed by atoms with Crippen molar-refractivity contribution in [3.05, 3.63) is 150 Å². The zero-order valence-corrected chi connectivity index (χ0v) is 25.4. The Hall–Kier alpha value is -5.26. The minimum absolute atomic E-state index is 0.119. The van der Waals surface area contributed by atoms with E-state index in [1.54, 1.807) is 11.3 Å². The maximum absolute atomic E-state index is 12.7. The molecule has 4 rings (SSSR count). The van der Waals surface area contributed by atoms with Gasteiger partial charge in [0.1, 0.15) is 4.83 Å². The predicted molar refractivity (Wildman–Crippen MR) is 182 cm³/mol. The molecule has 0 amide bonds. The zero-order valence-electron chi connectivity index (χ0n) is 23.8. The van der Waals surface area contributed by atoms with Gasteiger partial charge in [-0.2, -0.15) is 0 Å². The predicted octanol–water partition coefficient (Wildman–Crippen LogP) is 10.4. The van der Waals surface area contributed by atoms with E-state index in [1.807, 2.05) is 29.6 Å². The van der Waals surface area contributed by atoms with Gasteiger partial charge in [0.25, 0.3) is 0 Å². The number of unbranched alkanes of at least 4 members (excludes halogenated alkanes) is 1. The van der Waals surface area contributed by atoms with Crippen molar-refractivity contribution in [1.82, 2.24) is 4.98 Å². The number of aromatic nitrogens is 1. The molecule has 42 heavy (non-hydrogen) atoms. The lowest BCUT2D eigenvalue weighted by molar-refractivity contribution is 0.0984. The molecule has 5 heteroatoms. The average molecular weight is 585 g/mol. The molecule has 0 aliphatic carbocycles. The number of rotatable bonds is 6. The van der Waals surface area contributed by atoms with Crippen LogP contribution in [0.5, 0.6) is 0 Å². The largest absolute Gasteiger partial charge is 0.397 e. The van der Waals surface area contributed by atoms with Crippen LogP contribution >= 0.6 is 22.7 Å². The van der Waals surface area contributed by atoms with Crippen LogP contribution in [0.1, 0.15) is 35.9 Å². The average Bonchev–Trinajstić information content (AvgIpc) is 3.69. The lowest BCUT2D eigenvalue weighted by Gasteiger charge is -2.08. The fourth-order valence-electron chi connectivity index (χ4n) is 3.39. The number of hydrogen-bond acceptors (Lipinski definition) is 5. The highest BCUT2D eigenvalue weighted by Gasteiger charge is 2.21. The number of nitrogen functional groups attached to an aromatic ring is 1. The van der Waals surface area contributed by atoms with Crippen LogP contribution in [0.3, 0.4) is 0 Å². The van der Waals surface area contributed by atoms with E-state index in [9.17, 15) is 4.79 Å². The Morgan fingerprint density at radius 3 is 2.00 bits per heavy atom. The fraction of sp³-hybridized carbons (Fsp3) is 0.108. The monoisotopic (exact) mass is 584 g/mol. The molecule has 0 aliphatic heterocycles. The molecule has 0 atom stereocenters. The summed E-state index contributed by atoms with van der Waals surface area (Å²) in [7, 11) is 0. The number of nitrogens with two attached hydrogens (primary N) is 1. The molecule has 1 aromatic carbocycles. The van der Waals surface area contributed by atoms with Gasteiger partial charge in [0.05, 0.1) is 21.1 Å². The number of carbonyl (C=O) groups excluding carboxylic acids is 1. The van der Waals surface area contributed by atoms with Crippen molar-refractivity contribution in [2.75, 3.05) is 5.73 Å². The van der Waals surface area contributed by atoms with Crippen molar-refractivity contribution < 1.29 is 4.79 Å². The molecular weight excluding hydrogens is 553 g/mol. The standard InChI is InChI=1S/C22H20N2OS2.C8H4.C5H4.C2H4/c1-2-3-10-17(25)21-20(23)19-15(14-8-5-4-6-9-14)13-16(24-22(19)27-21)18-11-7-12-26-18;1-3-5-7-8-6-4-2;1-3-5-4-2;1-2/h4-9,11-13H,2-3,10,23H2,1H3;1-2H2;1-2H2;1-2H2. The molecule has 2 N–H and O–H groups in total. The molecule has 0 unspecified atom stereocenters. The first-order chi connectivity index (χ1) is 20.5. The summed E-state index contributed by atoms with van der Waals surface area (Å²) in [4.78, 5) is 20.1. The third-order valence-corrected chi connectivity index (χ3v) is 7.14. The number of Topliss-reactive ketones (excluding diaryl/α,β-unsaturated/α-hetero) is 1. The molecule has 3 aromatic heterocycles. The number of fused-ring (bicyclic) bond motifs is 1. The van der Waals surface area contributed by atoms with Crippen molar-refractivity contribution in [2.45, 2.75) is 26.2 Å². The van der Waals surface area contributed by atoms with E-state index in [0.29, 0.717) is 17.0 Å². The minimum Gasteiger partial charge on any atom is -0.397 e. The van der Waals surface area contributed by atoms with Crippen LogP contribution in [0, 0.1) is 0 Å². The Balaban J connectivity index is 0.000000491. The third-order valence-electron chi connectivity index (χ3n) is 5.11. The van der Waals surface area contributed by atoms with Gasteiger partial charge < -0.3 is 5.73 Å². The summed E-state index contributed by atoms with van der Waals surface area (Å²) in [5.41, 5.74) is 31.6. The lowest BCUT2D eigenvalue weighted by Crippen LogP contribution is -2.00. The highest BCUT2D eigenvalue weighted by Crippen LogP contribution is 2.42. The number of anilines is 1. The van der Waals surface area contributed by atoms with E-state index >= 15 is 0 Å². The second-order valence-corrected chi connectivity index (χ2v) is 9.73. The number of pyridine rings is 1. The van der Waals surface area contributed by atoms with Crippen LogP contribution in [0.4, 0.5) is 5.69 Å². The van der Waals surface area contributed by atoms with Gasteiger partial charge >= 0.3 is 0 Å². The SMILES string of the molecule is C=C.C=C=C=C=C.C=C=C=C=C=C=C=C.CCCCC(=O)c1sc2nc(-c3cccs3)cc(-c3ccccc3)c2c1N. The van der Waals surface area contributed by atoms with Gasteiger partial charge in [0, 0.05) is 11.8 Å². The van der Waals surface area contributed by atoms with Gasteiger partial charge in [-0.05, 0) is 90.0 Å². The summed E-state index contributed by atoms with van der Waals surface area (Å²) in [6.07, 6.45) is 2.41. The maximum atomic E-state index is 12.7. The molecule has 0 fully saturated rings. The number of nitrogens with zero attached hydrogens (tertiary/aromatic N) is 1. The van der Waals surface area contributed by atoms with E-state index in [4.69, 9.17) is 10.7 Å². The molecule has 0 spiro atoms. The summed E-state index contributed by atoms with van der Waals surface area (Å²) in [6, 6.07) is 16.4. The van der Waals surface area contributed by atoms with Crippen LogP contribution in [0.2, 0.25) is 0 Å². The molecule has 208 valence electrons. The molecule has 4 aromatic rings. The van der Waals surface area contributed by atoms with Crippen molar-refractivity contribution in [2.24, 2.45) is 0 Å². The van der Waals surface area contributed by atoms with Crippen LogP contribution in [-0.4, -0.2) is 10.8 Å². The highest BCUT2D eigenvalue weighted by molar-refractivity contribution is 7.21.